The summed E-state index contributed by atoms with van der Waals surface area (Å²) in [5.41, 5.74) is 1.20. The highest BCUT2D eigenvalue weighted by Crippen LogP contribution is 2.22. The molecule has 0 aromatic heterocycles. The van der Waals surface area contributed by atoms with Crippen LogP contribution in [0.25, 0.3) is 0 Å². The molecule has 1 unspecified atom stereocenters. The van der Waals surface area contributed by atoms with Crippen molar-refractivity contribution in [1.29, 1.82) is 0 Å². The quantitative estimate of drug-likeness (QED) is 0.816. The van der Waals surface area contributed by atoms with Crippen LogP contribution in [-0.4, -0.2) is 41.9 Å². The molecule has 0 aliphatic carbocycles. The minimum Gasteiger partial charge on any atom is -0.345 e. The van der Waals surface area contributed by atoms with Crippen molar-refractivity contribution in [3.63, 3.8) is 0 Å². The summed E-state index contributed by atoms with van der Waals surface area (Å²) in [5, 5.41) is 5.43. The molecule has 0 radical (unpaired) electrons. The van der Waals surface area contributed by atoms with Crippen LogP contribution in [0.15, 0.2) is 18.2 Å². The van der Waals surface area contributed by atoms with Gasteiger partial charge in [-0.2, -0.15) is 0 Å². The first-order chi connectivity index (χ1) is 12.3. The fourth-order valence-electron chi connectivity index (χ4n) is 3.27. The average Bonchev–Trinajstić information content (AvgIpc) is 2.58. The fraction of sp³-hybridized carbons (Fsp3) is 0.600. The highest BCUT2D eigenvalue weighted by molar-refractivity contribution is 5.97. The van der Waals surface area contributed by atoms with Gasteiger partial charge in [-0.1, -0.05) is 6.07 Å². The molecule has 26 heavy (non-hydrogen) atoms. The Kier molecular flexibility index (Phi) is 7.14. The van der Waals surface area contributed by atoms with E-state index in [1.54, 1.807) is 19.9 Å². The Morgan fingerprint density at radius 1 is 1.23 bits per heavy atom. The van der Waals surface area contributed by atoms with Gasteiger partial charge in [0.05, 0.1) is 0 Å². The van der Waals surface area contributed by atoms with Crippen molar-refractivity contribution in [3.8, 4) is 0 Å². The second-order valence-corrected chi connectivity index (χ2v) is 7.51. The summed E-state index contributed by atoms with van der Waals surface area (Å²) in [4.78, 5) is 26.9. The van der Waals surface area contributed by atoms with Gasteiger partial charge in [-0.3, -0.25) is 9.59 Å². The summed E-state index contributed by atoms with van der Waals surface area (Å²) in [6.07, 6.45) is 2.46. The first-order valence-electron chi connectivity index (χ1n) is 9.36. The number of piperidine rings is 1. The smallest absolute Gasteiger partial charge is 0.246 e. The molecule has 0 saturated carbocycles. The first-order valence-corrected chi connectivity index (χ1v) is 9.36. The number of benzene rings is 1. The van der Waals surface area contributed by atoms with Crippen LogP contribution in [0.4, 0.5) is 10.1 Å². The van der Waals surface area contributed by atoms with Crippen LogP contribution in [0.3, 0.4) is 0 Å². The van der Waals surface area contributed by atoms with Crippen molar-refractivity contribution in [1.82, 2.24) is 10.2 Å². The van der Waals surface area contributed by atoms with E-state index in [4.69, 9.17) is 0 Å². The van der Waals surface area contributed by atoms with Crippen LogP contribution in [0.2, 0.25) is 0 Å². The molecule has 2 N–H and O–H groups in total. The van der Waals surface area contributed by atoms with E-state index in [2.05, 4.69) is 29.4 Å². The molecule has 1 atom stereocenters. The molecule has 1 saturated heterocycles. The molecular formula is C20H30FN3O2. The second-order valence-electron chi connectivity index (χ2n) is 7.51. The minimum atomic E-state index is -0.666. The van der Waals surface area contributed by atoms with Gasteiger partial charge in [0.2, 0.25) is 11.8 Å². The van der Waals surface area contributed by atoms with Crippen LogP contribution >= 0.6 is 0 Å². The lowest BCUT2D eigenvalue weighted by molar-refractivity contribution is -0.127. The molecule has 2 rings (SSSR count). The molecule has 0 bridgehead atoms. The van der Waals surface area contributed by atoms with Crippen LogP contribution in [0.5, 0.6) is 0 Å². The number of aryl methyl sites for hydroxylation is 1. The maximum absolute atomic E-state index is 13.3. The van der Waals surface area contributed by atoms with E-state index in [0.717, 1.165) is 31.5 Å². The van der Waals surface area contributed by atoms with Gasteiger partial charge in [-0.15, -0.1) is 0 Å². The number of nitrogens with one attached hydrogen (secondary N) is 2. The van der Waals surface area contributed by atoms with Crippen LogP contribution in [-0.2, 0) is 9.59 Å². The summed E-state index contributed by atoms with van der Waals surface area (Å²) < 4.78 is 13.3. The Balaban J connectivity index is 1.79. The van der Waals surface area contributed by atoms with E-state index in [0.29, 0.717) is 24.1 Å². The third kappa shape index (κ3) is 5.80. The maximum atomic E-state index is 13.3. The minimum absolute atomic E-state index is 0.105. The third-order valence-corrected chi connectivity index (χ3v) is 5.08. The van der Waals surface area contributed by atoms with E-state index in [9.17, 15) is 14.0 Å². The van der Waals surface area contributed by atoms with Crippen molar-refractivity contribution in [2.75, 3.05) is 18.4 Å². The average molecular weight is 363 g/mol. The predicted molar refractivity (Wildman–Crippen MR) is 101 cm³/mol. The lowest BCUT2D eigenvalue weighted by atomic mass is 9.92. The number of halogens is 1. The van der Waals surface area contributed by atoms with Crippen LogP contribution in [0, 0.1) is 18.7 Å². The van der Waals surface area contributed by atoms with E-state index in [1.807, 2.05) is 0 Å². The number of rotatable bonds is 6. The zero-order valence-electron chi connectivity index (χ0n) is 16.1. The number of carbonyl (C=O) groups is 2. The van der Waals surface area contributed by atoms with Crippen molar-refractivity contribution in [3.05, 3.63) is 29.6 Å². The zero-order chi connectivity index (χ0) is 19.3. The first kappa shape index (κ1) is 20.4. The normalized spacial score (nSPS) is 17.2. The summed E-state index contributed by atoms with van der Waals surface area (Å²) in [7, 11) is 0. The molecule has 6 heteroatoms. The maximum Gasteiger partial charge on any atom is 0.246 e. The van der Waals surface area contributed by atoms with Gasteiger partial charge in [0.25, 0.3) is 0 Å². The van der Waals surface area contributed by atoms with Crippen molar-refractivity contribution >= 4 is 17.5 Å². The van der Waals surface area contributed by atoms with Crippen molar-refractivity contribution < 1.29 is 14.0 Å². The van der Waals surface area contributed by atoms with Gasteiger partial charge < -0.3 is 15.5 Å². The largest absolute Gasteiger partial charge is 0.345 e. The molecule has 2 amide bonds. The SMILES string of the molecule is Cc1ccc(F)cc1NC(=O)C(C)NC(=O)CC1CCN(C(C)C)CC1. The van der Waals surface area contributed by atoms with Gasteiger partial charge >= 0.3 is 0 Å². The molecule has 1 aliphatic heterocycles. The van der Waals surface area contributed by atoms with Gasteiger partial charge in [0.15, 0.2) is 0 Å². The Bertz CT molecular complexity index is 640. The van der Waals surface area contributed by atoms with Crippen LogP contribution < -0.4 is 10.6 Å². The van der Waals surface area contributed by atoms with E-state index < -0.39 is 11.9 Å². The standard InChI is InChI=1S/C20H30FN3O2/c1-13(2)24-9-7-16(8-10-24)11-19(25)22-15(4)20(26)23-18-12-17(21)6-5-14(18)3/h5-6,12-13,15-16H,7-11H2,1-4H3,(H,22,25)(H,23,26). The number of hydrogen-bond donors (Lipinski definition) is 2. The van der Waals surface area contributed by atoms with E-state index in [1.165, 1.54) is 12.1 Å². The summed E-state index contributed by atoms with van der Waals surface area (Å²) in [5.74, 6) is -0.491. The number of likely N-dealkylation sites (tertiary alicyclic amines) is 1. The molecule has 1 aliphatic rings. The molecule has 5 nitrogen and oxygen atoms in total. The van der Waals surface area contributed by atoms with Crippen molar-refractivity contribution in [2.24, 2.45) is 5.92 Å². The highest BCUT2D eigenvalue weighted by Gasteiger charge is 2.24. The Labute approximate surface area is 155 Å². The summed E-state index contributed by atoms with van der Waals surface area (Å²) in [6.45, 7) is 9.85. The zero-order valence-corrected chi connectivity index (χ0v) is 16.1. The lowest BCUT2D eigenvalue weighted by Gasteiger charge is -2.34. The van der Waals surface area contributed by atoms with Crippen LogP contribution in [0.1, 0.15) is 45.6 Å². The van der Waals surface area contributed by atoms with E-state index >= 15 is 0 Å². The Morgan fingerprint density at radius 2 is 1.88 bits per heavy atom. The fourth-order valence-corrected chi connectivity index (χ4v) is 3.27. The number of hydrogen-bond acceptors (Lipinski definition) is 3. The molecular weight excluding hydrogens is 333 g/mol. The number of nitrogens with zero attached hydrogens (tertiary/aromatic N) is 1. The Hall–Kier alpha value is -1.95. The van der Waals surface area contributed by atoms with E-state index in [-0.39, 0.29) is 11.8 Å². The molecule has 144 valence electrons. The molecule has 1 aromatic rings. The third-order valence-electron chi connectivity index (χ3n) is 5.08. The lowest BCUT2D eigenvalue weighted by Crippen LogP contribution is -2.43. The van der Waals surface area contributed by atoms with Crippen molar-refractivity contribution in [2.45, 2.75) is 59.0 Å². The second kappa shape index (κ2) is 9.12. The van der Waals surface area contributed by atoms with Gasteiger partial charge in [0, 0.05) is 18.2 Å². The Morgan fingerprint density at radius 3 is 2.50 bits per heavy atom. The van der Waals surface area contributed by atoms with Gasteiger partial charge in [-0.25, -0.2) is 4.39 Å². The van der Waals surface area contributed by atoms with Gasteiger partial charge in [-0.05, 0) is 77.2 Å². The number of carbonyl (C=O) groups excluding carboxylic acids is 2. The number of amides is 2. The molecule has 1 fully saturated rings. The van der Waals surface area contributed by atoms with Gasteiger partial charge in [0.1, 0.15) is 11.9 Å². The molecule has 1 aromatic carbocycles. The summed E-state index contributed by atoms with van der Waals surface area (Å²) >= 11 is 0. The molecule has 1 heterocycles. The highest BCUT2D eigenvalue weighted by atomic mass is 19.1. The summed E-state index contributed by atoms with van der Waals surface area (Å²) in [6, 6.07) is 4.11. The monoisotopic (exact) mass is 363 g/mol. The predicted octanol–water partition coefficient (Wildman–Crippen LogP) is 3.09. The topological polar surface area (TPSA) is 61.4 Å². The molecule has 0 spiro atoms. The number of anilines is 1.